The van der Waals surface area contributed by atoms with Crippen LogP contribution < -0.4 is 10.1 Å². The summed E-state index contributed by atoms with van der Waals surface area (Å²) in [4.78, 5) is 16.2. The van der Waals surface area contributed by atoms with Crippen molar-refractivity contribution in [3.8, 4) is 11.6 Å². The number of carbonyl (C=O) groups excluding carboxylic acids is 1. The van der Waals surface area contributed by atoms with E-state index in [-0.39, 0.29) is 5.56 Å². The molecule has 0 N–H and O–H groups in total. The Labute approximate surface area is 150 Å². The first-order chi connectivity index (χ1) is 12.7. The second-order valence-electron chi connectivity index (χ2n) is 5.54. The van der Waals surface area contributed by atoms with Crippen molar-refractivity contribution in [2.75, 3.05) is 6.61 Å². The first kappa shape index (κ1) is 17.5. The Bertz CT molecular complexity index is 968. The van der Waals surface area contributed by atoms with Gasteiger partial charge in [-0.2, -0.15) is 5.10 Å². The Kier molecular flexibility index (Phi) is 5.53. The van der Waals surface area contributed by atoms with Crippen LogP contribution in [0.25, 0.3) is 5.69 Å². The summed E-state index contributed by atoms with van der Waals surface area (Å²) in [5, 5.41) is 4.63. The molecule has 0 fully saturated rings. The normalized spacial score (nSPS) is 11.4. The van der Waals surface area contributed by atoms with Gasteiger partial charge in [-0.3, -0.25) is 4.79 Å². The van der Waals surface area contributed by atoms with Crippen LogP contribution in [0.15, 0.2) is 71.9 Å². The number of halogens is 1. The summed E-state index contributed by atoms with van der Waals surface area (Å²) in [7, 11) is 0. The summed E-state index contributed by atoms with van der Waals surface area (Å²) >= 11 is 0. The van der Waals surface area contributed by atoms with Gasteiger partial charge in [0.1, 0.15) is 5.82 Å². The second-order valence-corrected chi connectivity index (χ2v) is 5.54. The van der Waals surface area contributed by atoms with E-state index in [9.17, 15) is 9.18 Å². The summed E-state index contributed by atoms with van der Waals surface area (Å²) in [6, 6.07) is 16.9. The fraction of sp³-hybridized carbons (Fsp3) is 0.150. The molecule has 0 radical (unpaired) electrons. The van der Waals surface area contributed by atoms with Gasteiger partial charge in [-0.15, -0.1) is 0 Å². The van der Waals surface area contributed by atoms with Gasteiger partial charge in [0.05, 0.1) is 29.4 Å². The number of ether oxygens (including phenoxy) is 1. The molecule has 0 aliphatic rings. The lowest BCUT2D eigenvalue weighted by atomic mass is 10.2. The number of para-hydroxylation sites is 1. The van der Waals surface area contributed by atoms with Crippen LogP contribution >= 0.6 is 0 Å². The fourth-order valence-corrected chi connectivity index (χ4v) is 2.34. The lowest BCUT2D eigenvalue weighted by Gasteiger charge is -2.12. The fourth-order valence-electron chi connectivity index (χ4n) is 2.34. The lowest BCUT2D eigenvalue weighted by molar-refractivity contribution is 0.0994. The molecule has 0 saturated carbocycles. The first-order valence-electron chi connectivity index (χ1n) is 8.30. The van der Waals surface area contributed by atoms with Crippen molar-refractivity contribution in [1.82, 2.24) is 9.78 Å². The Morgan fingerprint density at radius 1 is 1.15 bits per heavy atom. The third-order valence-corrected chi connectivity index (χ3v) is 3.58. The standard InChI is InChI=1S/C20H18FN3O2/c1-2-12-26-19-13-15(14-22-24(19)16-8-4-3-5-9-16)23-20(25)17-10-6-7-11-18(17)21/h3-11,13-14H,2,12H2,1H3/b23-15+. The number of hydrogen-bond donors (Lipinski definition) is 0. The number of benzene rings is 2. The number of rotatable bonds is 5. The third kappa shape index (κ3) is 4.03. The Hall–Kier alpha value is -3.28. The van der Waals surface area contributed by atoms with E-state index in [0.29, 0.717) is 17.8 Å². The van der Waals surface area contributed by atoms with Gasteiger partial charge in [0.25, 0.3) is 5.91 Å². The summed E-state index contributed by atoms with van der Waals surface area (Å²) in [6.45, 7) is 2.50. The van der Waals surface area contributed by atoms with Gasteiger partial charge < -0.3 is 4.74 Å². The van der Waals surface area contributed by atoms with E-state index in [2.05, 4.69) is 10.1 Å². The van der Waals surface area contributed by atoms with E-state index in [4.69, 9.17) is 4.74 Å². The maximum absolute atomic E-state index is 13.7. The van der Waals surface area contributed by atoms with Crippen molar-refractivity contribution in [1.29, 1.82) is 0 Å². The van der Waals surface area contributed by atoms with Crippen LogP contribution in [0.5, 0.6) is 5.88 Å². The quantitative estimate of drug-likeness (QED) is 0.706. The summed E-state index contributed by atoms with van der Waals surface area (Å²) in [5.74, 6) is -0.809. The van der Waals surface area contributed by atoms with E-state index >= 15 is 0 Å². The molecule has 0 saturated heterocycles. The molecule has 3 aromatic rings. The maximum atomic E-state index is 13.7. The van der Waals surface area contributed by atoms with Crippen molar-refractivity contribution in [2.45, 2.75) is 13.3 Å². The predicted molar refractivity (Wildman–Crippen MR) is 95.6 cm³/mol. The molecule has 6 heteroatoms. The second kappa shape index (κ2) is 8.20. The zero-order valence-corrected chi connectivity index (χ0v) is 14.3. The average Bonchev–Trinajstić information content (AvgIpc) is 2.67. The molecule has 3 rings (SSSR count). The van der Waals surface area contributed by atoms with Crippen LogP contribution in [0.1, 0.15) is 23.7 Å². The van der Waals surface area contributed by atoms with Crippen molar-refractivity contribution < 1.29 is 13.9 Å². The average molecular weight is 351 g/mol. The van der Waals surface area contributed by atoms with Gasteiger partial charge in [0.2, 0.25) is 5.88 Å². The van der Waals surface area contributed by atoms with Gasteiger partial charge in [-0.1, -0.05) is 37.3 Å². The molecule has 0 bridgehead atoms. The number of aromatic nitrogens is 2. The van der Waals surface area contributed by atoms with E-state index < -0.39 is 11.7 Å². The minimum Gasteiger partial charge on any atom is -0.478 e. The first-order valence-corrected chi connectivity index (χ1v) is 8.30. The predicted octanol–water partition coefficient (Wildman–Crippen LogP) is 3.54. The Morgan fingerprint density at radius 2 is 1.88 bits per heavy atom. The minimum absolute atomic E-state index is 0.0803. The van der Waals surface area contributed by atoms with Crippen molar-refractivity contribution in [3.63, 3.8) is 0 Å². The number of hydrogen-bond acceptors (Lipinski definition) is 3. The van der Waals surface area contributed by atoms with Crippen LogP contribution in [0.2, 0.25) is 0 Å². The molecule has 1 heterocycles. The molecule has 1 amide bonds. The lowest BCUT2D eigenvalue weighted by Crippen LogP contribution is -2.16. The Morgan fingerprint density at radius 3 is 2.62 bits per heavy atom. The zero-order chi connectivity index (χ0) is 18.4. The number of nitrogens with zero attached hydrogens (tertiary/aromatic N) is 3. The van der Waals surface area contributed by atoms with Crippen molar-refractivity contribution in [2.24, 2.45) is 4.99 Å². The topological polar surface area (TPSA) is 56.5 Å². The Balaban J connectivity index is 2.01. The molecule has 1 aromatic heterocycles. The zero-order valence-electron chi connectivity index (χ0n) is 14.3. The summed E-state index contributed by atoms with van der Waals surface area (Å²) < 4.78 is 21.1. The molecular formula is C20H18FN3O2. The van der Waals surface area contributed by atoms with Crippen LogP contribution in [0, 0.1) is 5.82 Å². The van der Waals surface area contributed by atoms with Gasteiger partial charge in [-0.05, 0) is 30.7 Å². The van der Waals surface area contributed by atoms with E-state index in [0.717, 1.165) is 12.1 Å². The van der Waals surface area contributed by atoms with Gasteiger partial charge in [0, 0.05) is 6.07 Å². The maximum Gasteiger partial charge on any atom is 0.280 e. The highest BCUT2D eigenvalue weighted by molar-refractivity contribution is 5.95. The molecular weight excluding hydrogens is 333 g/mol. The monoisotopic (exact) mass is 351 g/mol. The summed E-state index contributed by atoms with van der Waals surface area (Å²) in [6.07, 6.45) is 2.27. The van der Waals surface area contributed by atoms with E-state index in [1.807, 2.05) is 37.3 Å². The smallest absolute Gasteiger partial charge is 0.280 e. The minimum atomic E-state index is -0.663. The summed E-state index contributed by atoms with van der Waals surface area (Å²) in [5.41, 5.74) is 0.744. The highest BCUT2D eigenvalue weighted by atomic mass is 19.1. The van der Waals surface area contributed by atoms with E-state index in [1.54, 1.807) is 16.8 Å². The molecule has 5 nitrogen and oxygen atoms in total. The van der Waals surface area contributed by atoms with Crippen LogP contribution in [-0.2, 0) is 0 Å². The van der Waals surface area contributed by atoms with E-state index in [1.165, 1.54) is 24.4 Å². The van der Waals surface area contributed by atoms with Crippen molar-refractivity contribution in [3.05, 3.63) is 83.6 Å². The highest BCUT2D eigenvalue weighted by Gasteiger charge is 2.10. The van der Waals surface area contributed by atoms with Gasteiger partial charge in [-0.25, -0.2) is 14.1 Å². The number of amides is 1. The SMILES string of the molecule is CCCOc1c/c(=N\C(=O)c2ccccc2F)cnn1-c1ccccc1. The molecule has 132 valence electrons. The van der Waals surface area contributed by atoms with Gasteiger partial charge >= 0.3 is 0 Å². The molecule has 0 atom stereocenters. The largest absolute Gasteiger partial charge is 0.478 e. The third-order valence-electron chi connectivity index (χ3n) is 3.58. The molecule has 2 aromatic carbocycles. The van der Waals surface area contributed by atoms with Crippen LogP contribution in [0.4, 0.5) is 4.39 Å². The number of carbonyl (C=O) groups is 1. The molecule has 0 unspecified atom stereocenters. The van der Waals surface area contributed by atoms with Crippen LogP contribution in [0.3, 0.4) is 0 Å². The highest BCUT2D eigenvalue weighted by Crippen LogP contribution is 2.14. The molecule has 0 aliphatic carbocycles. The van der Waals surface area contributed by atoms with Crippen LogP contribution in [-0.4, -0.2) is 22.3 Å². The van der Waals surface area contributed by atoms with Gasteiger partial charge in [0.15, 0.2) is 0 Å². The molecule has 0 aliphatic heterocycles. The molecule has 26 heavy (non-hydrogen) atoms. The molecule has 0 spiro atoms. The van der Waals surface area contributed by atoms with Crippen molar-refractivity contribution >= 4 is 5.91 Å².